The Morgan fingerprint density at radius 2 is 1.88 bits per heavy atom. The van der Waals surface area contributed by atoms with Gasteiger partial charge in [0, 0.05) is 11.6 Å². The monoisotopic (exact) mass is 336 g/mol. The maximum atomic E-state index is 12.6. The summed E-state index contributed by atoms with van der Waals surface area (Å²) in [5, 5.41) is 0. The summed E-state index contributed by atoms with van der Waals surface area (Å²) in [5.74, 6) is -0.529. The van der Waals surface area contributed by atoms with Crippen molar-refractivity contribution in [1.82, 2.24) is 4.98 Å². The van der Waals surface area contributed by atoms with Gasteiger partial charge in [-0.2, -0.15) is 13.2 Å². The fourth-order valence-electron chi connectivity index (χ4n) is 1.95. The lowest BCUT2D eigenvalue weighted by molar-refractivity contribution is -0.138. The Bertz CT molecular complexity index is 753. The van der Waals surface area contributed by atoms with Crippen molar-refractivity contribution in [2.75, 3.05) is 12.3 Å². The van der Waals surface area contributed by atoms with Crippen LogP contribution in [0.3, 0.4) is 0 Å². The van der Waals surface area contributed by atoms with Crippen LogP contribution in [0, 0.1) is 0 Å². The van der Waals surface area contributed by atoms with E-state index in [1.54, 1.807) is 19.1 Å². The van der Waals surface area contributed by atoms with Gasteiger partial charge in [-0.15, -0.1) is 0 Å². The first-order valence-corrected chi connectivity index (χ1v) is 7.10. The number of hydrogen-bond acceptors (Lipinski definition) is 4. The third kappa shape index (κ3) is 4.34. The maximum absolute atomic E-state index is 12.6. The van der Waals surface area contributed by atoms with E-state index in [1.165, 1.54) is 24.3 Å². The third-order valence-corrected chi connectivity index (χ3v) is 3.13. The molecule has 126 valence electrons. The van der Waals surface area contributed by atoms with Gasteiger partial charge in [0.05, 0.1) is 29.2 Å². The molecule has 4 nitrogen and oxygen atoms in total. The summed E-state index contributed by atoms with van der Waals surface area (Å²) in [4.78, 5) is 15.6. The molecule has 0 atom stereocenters. The number of carbonyl (C=O) groups is 1. The van der Waals surface area contributed by atoms with Crippen molar-refractivity contribution in [2.24, 2.45) is 0 Å². The van der Waals surface area contributed by atoms with Gasteiger partial charge in [-0.05, 0) is 37.3 Å². The molecule has 1 aromatic carbocycles. The SMILES string of the molecule is CCOC(=O)C=Cc1nc(-c2ccc(C(F)(F)F)cc2)ccc1N. The zero-order valence-corrected chi connectivity index (χ0v) is 12.8. The fourth-order valence-corrected chi connectivity index (χ4v) is 1.95. The molecule has 7 heteroatoms. The van der Waals surface area contributed by atoms with Crippen molar-refractivity contribution < 1.29 is 22.7 Å². The number of nitrogens with two attached hydrogens (primary N) is 1. The minimum atomic E-state index is -4.39. The van der Waals surface area contributed by atoms with Gasteiger partial charge in [0.15, 0.2) is 0 Å². The van der Waals surface area contributed by atoms with Gasteiger partial charge < -0.3 is 10.5 Å². The zero-order chi connectivity index (χ0) is 17.7. The van der Waals surface area contributed by atoms with Crippen LogP contribution in [0.4, 0.5) is 18.9 Å². The van der Waals surface area contributed by atoms with Gasteiger partial charge in [0.25, 0.3) is 0 Å². The number of nitrogen functional groups attached to an aromatic ring is 1. The molecular formula is C17H15F3N2O2. The second kappa shape index (κ2) is 7.16. The van der Waals surface area contributed by atoms with Crippen LogP contribution in [0.1, 0.15) is 18.2 Å². The van der Waals surface area contributed by atoms with E-state index in [1.807, 2.05) is 0 Å². The van der Waals surface area contributed by atoms with Crippen LogP contribution in [0.2, 0.25) is 0 Å². The lowest BCUT2D eigenvalue weighted by atomic mass is 10.1. The highest BCUT2D eigenvalue weighted by Gasteiger charge is 2.30. The molecule has 0 unspecified atom stereocenters. The molecule has 2 N–H and O–H groups in total. The second-order valence-corrected chi connectivity index (χ2v) is 4.83. The summed E-state index contributed by atoms with van der Waals surface area (Å²) in [5.41, 5.74) is 6.69. The first kappa shape index (κ1) is 17.5. The van der Waals surface area contributed by atoms with Crippen LogP contribution in [0.15, 0.2) is 42.5 Å². The number of rotatable bonds is 4. The molecule has 0 saturated heterocycles. The van der Waals surface area contributed by atoms with E-state index in [0.29, 0.717) is 22.6 Å². The second-order valence-electron chi connectivity index (χ2n) is 4.83. The van der Waals surface area contributed by atoms with E-state index in [2.05, 4.69) is 4.98 Å². The van der Waals surface area contributed by atoms with Crippen LogP contribution in [-0.4, -0.2) is 17.6 Å². The third-order valence-electron chi connectivity index (χ3n) is 3.13. The van der Waals surface area contributed by atoms with E-state index in [-0.39, 0.29) is 6.61 Å². The molecule has 0 saturated carbocycles. The van der Waals surface area contributed by atoms with Crippen molar-refractivity contribution in [3.05, 3.63) is 53.7 Å². The Kier molecular flexibility index (Phi) is 5.23. The number of esters is 1. The number of alkyl halides is 3. The smallest absolute Gasteiger partial charge is 0.416 e. The average molecular weight is 336 g/mol. The molecule has 24 heavy (non-hydrogen) atoms. The highest BCUT2D eigenvalue weighted by atomic mass is 19.4. The minimum Gasteiger partial charge on any atom is -0.463 e. The van der Waals surface area contributed by atoms with Gasteiger partial charge in [-0.3, -0.25) is 0 Å². The van der Waals surface area contributed by atoms with Crippen molar-refractivity contribution in [1.29, 1.82) is 0 Å². The lowest BCUT2D eigenvalue weighted by Crippen LogP contribution is -2.04. The van der Waals surface area contributed by atoms with Crippen molar-refractivity contribution in [2.45, 2.75) is 13.1 Å². The predicted octanol–water partition coefficient (Wildman–Crippen LogP) is 3.93. The Hall–Kier alpha value is -2.83. The van der Waals surface area contributed by atoms with Gasteiger partial charge >= 0.3 is 12.1 Å². The predicted molar refractivity (Wildman–Crippen MR) is 84.8 cm³/mol. The number of aromatic nitrogens is 1. The molecule has 0 aliphatic heterocycles. The van der Waals surface area contributed by atoms with E-state index in [0.717, 1.165) is 12.1 Å². The lowest BCUT2D eigenvalue weighted by Gasteiger charge is -2.08. The van der Waals surface area contributed by atoms with E-state index in [9.17, 15) is 18.0 Å². The quantitative estimate of drug-likeness (QED) is 0.679. The number of hydrogen-bond donors (Lipinski definition) is 1. The molecular weight excluding hydrogens is 321 g/mol. The molecule has 2 aromatic rings. The van der Waals surface area contributed by atoms with Crippen LogP contribution in [0.25, 0.3) is 17.3 Å². The van der Waals surface area contributed by atoms with Gasteiger partial charge in [-0.1, -0.05) is 12.1 Å². The largest absolute Gasteiger partial charge is 0.463 e. The van der Waals surface area contributed by atoms with E-state index >= 15 is 0 Å². The van der Waals surface area contributed by atoms with Crippen LogP contribution in [-0.2, 0) is 15.7 Å². The highest BCUT2D eigenvalue weighted by molar-refractivity contribution is 5.88. The molecule has 0 amide bonds. The molecule has 0 bridgehead atoms. The molecule has 0 aliphatic carbocycles. The van der Waals surface area contributed by atoms with Crippen LogP contribution >= 0.6 is 0 Å². The number of halogens is 3. The van der Waals surface area contributed by atoms with Gasteiger partial charge in [0.2, 0.25) is 0 Å². The van der Waals surface area contributed by atoms with Gasteiger partial charge in [0.1, 0.15) is 0 Å². The number of nitrogens with zero attached hydrogens (tertiary/aromatic N) is 1. The molecule has 0 fully saturated rings. The van der Waals surface area contributed by atoms with Crippen LogP contribution < -0.4 is 5.73 Å². The summed E-state index contributed by atoms with van der Waals surface area (Å²) in [7, 11) is 0. The minimum absolute atomic E-state index is 0.248. The Morgan fingerprint density at radius 3 is 2.46 bits per heavy atom. The summed E-state index contributed by atoms with van der Waals surface area (Å²) in [6, 6.07) is 7.81. The normalized spacial score (nSPS) is 11.7. The Balaban J connectivity index is 2.29. The number of benzene rings is 1. The first-order valence-electron chi connectivity index (χ1n) is 7.10. The fraction of sp³-hybridized carbons (Fsp3) is 0.176. The molecule has 1 aromatic heterocycles. The number of anilines is 1. The summed E-state index contributed by atoms with van der Waals surface area (Å²) in [6.07, 6.45) is -1.79. The van der Waals surface area contributed by atoms with Crippen LogP contribution in [0.5, 0.6) is 0 Å². The first-order chi connectivity index (χ1) is 11.3. The number of ether oxygens (including phenoxy) is 1. The standard InChI is InChI=1S/C17H15F3N2O2/c1-2-24-16(23)10-9-15-13(21)7-8-14(22-15)11-3-5-12(6-4-11)17(18,19)20/h3-10H,2,21H2,1H3. The van der Waals surface area contributed by atoms with E-state index in [4.69, 9.17) is 10.5 Å². The van der Waals surface area contributed by atoms with Crippen molar-refractivity contribution >= 4 is 17.7 Å². The molecule has 0 radical (unpaired) electrons. The van der Waals surface area contributed by atoms with Crippen molar-refractivity contribution in [3.8, 4) is 11.3 Å². The average Bonchev–Trinajstić information content (AvgIpc) is 2.54. The molecule has 0 aliphatic rings. The Morgan fingerprint density at radius 1 is 1.21 bits per heavy atom. The number of pyridine rings is 1. The highest BCUT2D eigenvalue weighted by Crippen LogP contribution is 2.31. The molecule has 2 rings (SSSR count). The maximum Gasteiger partial charge on any atom is 0.416 e. The summed E-state index contributed by atoms with van der Waals surface area (Å²) < 4.78 is 42.5. The number of carbonyl (C=O) groups excluding carboxylic acids is 1. The molecule has 0 spiro atoms. The zero-order valence-electron chi connectivity index (χ0n) is 12.8. The topological polar surface area (TPSA) is 65.2 Å². The summed E-state index contributed by atoms with van der Waals surface area (Å²) in [6.45, 7) is 1.93. The van der Waals surface area contributed by atoms with Gasteiger partial charge in [-0.25, -0.2) is 9.78 Å². The van der Waals surface area contributed by atoms with E-state index < -0.39 is 17.7 Å². The Labute approximate surface area is 136 Å². The van der Waals surface area contributed by atoms with Crippen molar-refractivity contribution in [3.63, 3.8) is 0 Å². The molecule has 1 heterocycles. The summed E-state index contributed by atoms with van der Waals surface area (Å²) >= 11 is 0.